The van der Waals surface area contributed by atoms with Crippen LogP contribution in [0.5, 0.6) is 0 Å². The van der Waals surface area contributed by atoms with Crippen molar-refractivity contribution in [2.24, 2.45) is 11.7 Å². The van der Waals surface area contributed by atoms with Crippen LogP contribution in [0, 0.1) is 5.92 Å². The van der Waals surface area contributed by atoms with Crippen LogP contribution in [0.3, 0.4) is 0 Å². The monoisotopic (exact) mass is 487 g/mol. The first-order valence-electron chi connectivity index (χ1n) is 11.1. The van der Waals surface area contributed by atoms with Crippen LogP contribution in [0.15, 0.2) is 21.9 Å². The molecule has 6 atom stereocenters. The van der Waals surface area contributed by atoms with Crippen molar-refractivity contribution in [3.8, 4) is 0 Å². The van der Waals surface area contributed by atoms with Crippen LogP contribution < -0.4 is 17.0 Å². The standard InChI is InChI=1S/C20H30N3O9P/c1-12(17(25)30-13-5-3-4-6-13)8-10-28-33(27)29-11-14-16(32-33)20(2,21)18(31-14)23-9-7-15(24)22-19(23)26/h7,9,12-14,16,18H,3-6,8,10-11,21H2,1-2H3,(H,22,24,26)/t12?,14?,16-,18-,20-,33-/m1/s1. The lowest BCUT2D eigenvalue weighted by Crippen LogP contribution is -2.55. The van der Waals surface area contributed by atoms with Gasteiger partial charge in [0.25, 0.3) is 5.56 Å². The van der Waals surface area contributed by atoms with E-state index in [2.05, 4.69) is 4.98 Å². The Bertz CT molecular complexity index is 1030. The van der Waals surface area contributed by atoms with Crippen molar-refractivity contribution in [2.75, 3.05) is 13.2 Å². The Labute approximate surface area is 190 Å². The second kappa shape index (κ2) is 9.44. The Morgan fingerprint density at radius 1 is 1.39 bits per heavy atom. The van der Waals surface area contributed by atoms with Gasteiger partial charge in [-0.2, -0.15) is 0 Å². The first kappa shape index (κ1) is 24.3. The number of phosphoric acid groups is 1. The van der Waals surface area contributed by atoms with Crippen molar-refractivity contribution < 1.29 is 32.4 Å². The van der Waals surface area contributed by atoms with Gasteiger partial charge in [-0.15, -0.1) is 0 Å². The number of ether oxygens (including phenoxy) is 2. The number of nitrogens with one attached hydrogen (secondary N) is 1. The van der Waals surface area contributed by atoms with Gasteiger partial charge in [-0.05, 0) is 39.0 Å². The molecule has 4 rings (SSSR count). The third kappa shape index (κ3) is 5.16. The summed E-state index contributed by atoms with van der Waals surface area (Å²) in [7, 11) is -3.97. The molecule has 2 aliphatic heterocycles. The number of fused-ring (bicyclic) bond motifs is 1. The molecule has 12 nitrogen and oxygen atoms in total. The minimum absolute atomic E-state index is 0.0198. The molecular formula is C20H30N3O9P. The first-order chi connectivity index (χ1) is 15.6. The molecule has 0 aromatic carbocycles. The second-order valence-electron chi connectivity index (χ2n) is 9.05. The first-order valence-corrected chi connectivity index (χ1v) is 12.6. The number of hydrogen-bond acceptors (Lipinski definition) is 10. The quantitative estimate of drug-likeness (QED) is 0.422. The number of nitrogens with two attached hydrogens (primary N) is 1. The van der Waals surface area contributed by atoms with Crippen molar-refractivity contribution >= 4 is 13.8 Å². The van der Waals surface area contributed by atoms with Crippen LogP contribution in [0.4, 0.5) is 0 Å². The highest BCUT2D eigenvalue weighted by atomic mass is 31.2. The van der Waals surface area contributed by atoms with Gasteiger partial charge in [0.05, 0.1) is 24.7 Å². The van der Waals surface area contributed by atoms with E-state index in [0.29, 0.717) is 0 Å². The summed E-state index contributed by atoms with van der Waals surface area (Å²) in [5, 5.41) is 0. The van der Waals surface area contributed by atoms with E-state index in [4.69, 9.17) is 28.8 Å². The third-order valence-electron chi connectivity index (χ3n) is 6.32. The molecule has 33 heavy (non-hydrogen) atoms. The largest absolute Gasteiger partial charge is 0.475 e. The van der Waals surface area contributed by atoms with E-state index in [9.17, 15) is 18.9 Å². The fraction of sp³-hybridized carbons (Fsp3) is 0.750. The number of aromatic nitrogens is 2. The molecule has 1 aromatic heterocycles. The molecule has 184 valence electrons. The molecule has 1 aliphatic carbocycles. The molecule has 3 fully saturated rings. The van der Waals surface area contributed by atoms with Crippen LogP contribution in [0.2, 0.25) is 0 Å². The molecule has 0 radical (unpaired) electrons. The number of nitrogens with zero attached hydrogens (tertiary/aromatic N) is 1. The molecule has 3 aliphatic rings. The maximum absolute atomic E-state index is 13.0. The number of carbonyl (C=O) groups excluding carboxylic acids is 1. The SMILES string of the molecule is CC(CCO[P@]1(=O)OCC2O[C@@H](n3ccc(=O)[nH]c3=O)[C@](C)(N)[C@@H]2O1)C(=O)OC1CCCC1. The summed E-state index contributed by atoms with van der Waals surface area (Å²) in [6.07, 6.45) is 2.86. The molecule has 0 spiro atoms. The van der Waals surface area contributed by atoms with E-state index < -0.39 is 49.0 Å². The number of H-pyrrole nitrogens is 1. The molecule has 1 saturated carbocycles. The van der Waals surface area contributed by atoms with E-state index in [1.54, 1.807) is 13.8 Å². The van der Waals surface area contributed by atoms with Crippen molar-refractivity contribution in [3.63, 3.8) is 0 Å². The summed E-state index contributed by atoms with van der Waals surface area (Å²) in [4.78, 5) is 37.9. The van der Waals surface area contributed by atoms with Gasteiger partial charge in [0.15, 0.2) is 6.23 Å². The average Bonchev–Trinajstić information content (AvgIpc) is 3.34. The zero-order valence-electron chi connectivity index (χ0n) is 18.6. The van der Waals surface area contributed by atoms with E-state index in [1.807, 2.05) is 0 Å². The van der Waals surface area contributed by atoms with Crippen LogP contribution in [0.1, 0.15) is 52.2 Å². The highest BCUT2D eigenvalue weighted by Gasteiger charge is 2.59. The Morgan fingerprint density at radius 2 is 2.12 bits per heavy atom. The fourth-order valence-electron chi connectivity index (χ4n) is 4.36. The highest BCUT2D eigenvalue weighted by Crippen LogP contribution is 2.58. The van der Waals surface area contributed by atoms with Gasteiger partial charge in [-0.25, -0.2) is 9.36 Å². The minimum atomic E-state index is -3.97. The van der Waals surface area contributed by atoms with Gasteiger partial charge in [-0.1, -0.05) is 6.92 Å². The smallest absolute Gasteiger partial charge is 0.462 e. The van der Waals surface area contributed by atoms with Crippen molar-refractivity contribution in [1.82, 2.24) is 9.55 Å². The summed E-state index contributed by atoms with van der Waals surface area (Å²) >= 11 is 0. The zero-order valence-corrected chi connectivity index (χ0v) is 19.5. The molecule has 3 heterocycles. The number of carbonyl (C=O) groups is 1. The highest BCUT2D eigenvalue weighted by molar-refractivity contribution is 7.48. The number of rotatable bonds is 7. The summed E-state index contributed by atoms with van der Waals surface area (Å²) in [5.41, 5.74) is 3.91. The van der Waals surface area contributed by atoms with Crippen LogP contribution >= 0.6 is 7.82 Å². The maximum atomic E-state index is 13.0. The zero-order chi connectivity index (χ0) is 23.8. The molecule has 0 amide bonds. The summed E-state index contributed by atoms with van der Waals surface area (Å²) in [6.45, 7) is 3.16. The summed E-state index contributed by atoms with van der Waals surface area (Å²) in [5.74, 6) is -0.733. The lowest BCUT2D eigenvalue weighted by molar-refractivity contribution is -0.153. The Hall–Kier alpha value is -1.82. The number of esters is 1. The molecule has 2 unspecified atom stereocenters. The van der Waals surface area contributed by atoms with Crippen molar-refractivity contribution in [1.29, 1.82) is 0 Å². The molecule has 3 N–H and O–H groups in total. The fourth-order valence-corrected chi connectivity index (χ4v) is 5.85. The predicted molar refractivity (Wildman–Crippen MR) is 114 cm³/mol. The van der Waals surface area contributed by atoms with Gasteiger partial charge < -0.3 is 15.2 Å². The number of aromatic amines is 1. The predicted octanol–water partition coefficient (Wildman–Crippen LogP) is 1.20. The second-order valence-corrected chi connectivity index (χ2v) is 10.7. The summed E-state index contributed by atoms with van der Waals surface area (Å²) < 4.78 is 41.9. The van der Waals surface area contributed by atoms with Gasteiger partial charge in [0, 0.05) is 12.3 Å². The third-order valence-corrected chi connectivity index (χ3v) is 7.77. The van der Waals surface area contributed by atoms with Crippen molar-refractivity contribution in [3.05, 3.63) is 33.1 Å². The molecule has 2 saturated heterocycles. The minimum Gasteiger partial charge on any atom is -0.462 e. The van der Waals surface area contributed by atoms with E-state index in [1.165, 1.54) is 12.3 Å². The van der Waals surface area contributed by atoms with Crippen molar-refractivity contribution in [2.45, 2.75) is 76.0 Å². The number of hydrogen-bond donors (Lipinski definition) is 2. The van der Waals surface area contributed by atoms with Crippen LogP contribution in [-0.4, -0.2) is 52.6 Å². The van der Waals surface area contributed by atoms with Crippen LogP contribution in [0.25, 0.3) is 0 Å². The van der Waals surface area contributed by atoms with Gasteiger partial charge in [0.2, 0.25) is 0 Å². The molecular weight excluding hydrogens is 457 g/mol. The average molecular weight is 487 g/mol. The topological polar surface area (TPSA) is 161 Å². The Kier molecular flexibility index (Phi) is 6.95. The van der Waals surface area contributed by atoms with E-state index in [0.717, 1.165) is 30.3 Å². The normalized spacial score (nSPS) is 35.3. The Morgan fingerprint density at radius 3 is 2.82 bits per heavy atom. The van der Waals surface area contributed by atoms with Gasteiger partial charge in [-0.3, -0.25) is 32.7 Å². The molecule has 1 aromatic rings. The lowest BCUT2D eigenvalue weighted by atomic mass is 9.93. The Balaban J connectivity index is 1.35. The van der Waals surface area contributed by atoms with Gasteiger partial charge >= 0.3 is 19.5 Å². The number of phosphoric ester groups is 1. The van der Waals surface area contributed by atoms with E-state index >= 15 is 0 Å². The lowest BCUT2D eigenvalue weighted by Gasteiger charge is -2.35. The van der Waals surface area contributed by atoms with Gasteiger partial charge in [0.1, 0.15) is 18.3 Å². The van der Waals surface area contributed by atoms with E-state index in [-0.39, 0.29) is 31.7 Å². The molecule has 0 bridgehead atoms. The molecule has 13 heteroatoms. The maximum Gasteiger partial charge on any atom is 0.475 e. The summed E-state index contributed by atoms with van der Waals surface area (Å²) in [6, 6.07) is 1.17. The van der Waals surface area contributed by atoms with Crippen LogP contribution in [-0.2, 0) is 32.4 Å².